The third-order valence-electron chi connectivity index (χ3n) is 2.68. The van der Waals surface area contributed by atoms with Crippen LogP contribution in [0.1, 0.15) is 5.69 Å². The van der Waals surface area contributed by atoms with E-state index < -0.39 is 10.0 Å². The largest absolute Gasteiger partial charge is 0.323 e. The van der Waals surface area contributed by atoms with Crippen LogP contribution in [0.25, 0.3) is 0 Å². The van der Waals surface area contributed by atoms with Crippen LogP contribution in [0.3, 0.4) is 0 Å². The van der Waals surface area contributed by atoms with Gasteiger partial charge in [-0.3, -0.25) is 15.2 Å². The van der Waals surface area contributed by atoms with Gasteiger partial charge in [0, 0.05) is 18.8 Å². The maximum Gasteiger partial charge on any atom is 0.265 e. The molecule has 0 spiro atoms. The molecule has 0 bridgehead atoms. The standard InChI is InChI=1S/C11H15N5O2S/c1-8-7-11(14-16(8)2)15-19(17,18)10-6-4-3-5-9(10)13-12/h3-7,13H,12H2,1-2H3,(H,14,15). The number of hydrogen-bond acceptors (Lipinski definition) is 5. The Hall–Kier alpha value is -2.06. The smallest absolute Gasteiger partial charge is 0.265 e. The first-order chi connectivity index (χ1) is 8.94. The molecule has 102 valence electrons. The van der Waals surface area contributed by atoms with Crippen molar-refractivity contribution >= 4 is 21.5 Å². The molecule has 0 aliphatic rings. The Morgan fingerprint density at radius 1 is 1.32 bits per heavy atom. The summed E-state index contributed by atoms with van der Waals surface area (Å²) in [5, 5.41) is 4.05. The summed E-state index contributed by atoms with van der Waals surface area (Å²) in [5.41, 5.74) is 3.53. The number of aromatic nitrogens is 2. The quantitative estimate of drug-likeness (QED) is 0.568. The molecule has 1 heterocycles. The van der Waals surface area contributed by atoms with Crippen LogP contribution in [0.2, 0.25) is 0 Å². The van der Waals surface area contributed by atoms with Crippen molar-refractivity contribution in [3.05, 3.63) is 36.0 Å². The molecule has 0 amide bonds. The second kappa shape index (κ2) is 4.90. The minimum absolute atomic E-state index is 0.0702. The van der Waals surface area contributed by atoms with Gasteiger partial charge in [0.05, 0.1) is 5.69 Å². The number of nitrogen functional groups attached to an aromatic ring is 1. The normalized spacial score (nSPS) is 11.3. The second-order valence-corrected chi connectivity index (χ2v) is 5.69. The Morgan fingerprint density at radius 3 is 2.58 bits per heavy atom. The van der Waals surface area contributed by atoms with Crippen LogP contribution >= 0.6 is 0 Å². The van der Waals surface area contributed by atoms with Crippen molar-refractivity contribution in [2.45, 2.75) is 11.8 Å². The lowest BCUT2D eigenvalue weighted by Crippen LogP contribution is -2.17. The van der Waals surface area contributed by atoms with E-state index in [0.717, 1.165) is 5.69 Å². The number of aryl methyl sites for hydroxylation is 2. The van der Waals surface area contributed by atoms with Crippen molar-refractivity contribution in [2.24, 2.45) is 12.9 Å². The van der Waals surface area contributed by atoms with Gasteiger partial charge in [0.2, 0.25) is 0 Å². The van der Waals surface area contributed by atoms with Crippen molar-refractivity contribution in [1.82, 2.24) is 9.78 Å². The van der Waals surface area contributed by atoms with Crippen molar-refractivity contribution in [1.29, 1.82) is 0 Å². The zero-order valence-electron chi connectivity index (χ0n) is 10.6. The molecule has 2 rings (SSSR count). The van der Waals surface area contributed by atoms with Gasteiger partial charge in [-0.25, -0.2) is 8.42 Å². The van der Waals surface area contributed by atoms with Gasteiger partial charge in [0.1, 0.15) is 4.90 Å². The number of anilines is 2. The van der Waals surface area contributed by atoms with Crippen LogP contribution in [0.15, 0.2) is 35.2 Å². The molecule has 2 aromatic rings. The highest BCUT2D eigenvalue weighted by molar-refractivity contribution is 7.92. The molecule has 19 heavy (non-hydrogen) atoms. The van der Waals surface area contributed by atoms with Gasteiger partial charge in [-0.1, -0.05) is 12.1 Å². The number of benzene rings is 1. The van der Waals surface area contributed by atoms with E-state index in [0.29, 0.717) is 5.69 Å². The number of nitrogens with two attached hydrogens (primary N) is 1. The monoisotopic (exact) mass is 281 g/mol. The number of sulfonamides is 1. The highest BCUT2D eigenvalue weighted by atomic mass is 32.2. The lowest BCUT2D eigenvalue weighted by molar-refractivity contribution is 0.601. The van der Waals surface area contributed by atoms with E-state index in [9.17, 15) is 8.42 Å². The van der Waals surface area contributed by atoms with E-state index in [1.807, 2.05) is 6.92 Å². The lowest BCUT2D eigenvalue weighted by Gasteiger charge is -2.09. The predicted octanol–water partition coefficient (Wildman–Crippen LogP) is 0.815. The number of rotatable bonds is 4. The summed E-state index contributed by atoms with van der Waals surface area (Å²) in [6.45, 7) is 1.83. The van der Waals surface area contributed by atoms with Gasteiger partial charge in [-0.15, -0.1) is 0 Å². The van der Waals surface area contributed by atoms with Gasteiger partial charge in [0.15, 0.2) is 5.82 Å². The summed E-state index contributed by atoms with van der Waals surface area (Å²) in [6, 6.07) is 8.01. The number of nitrogens with zero attached hydrogens (tertiary/aromatic N) is 2. The first-order valence-corrected chi connectivity index (χ1v) is 7.01. The van der Waals surface area contributed by atoms with E-state index >= 15 is 0 Å². The molecular weight excluding hydrogens is 266 g/mol. The van der Waals surface area contributed by atoms with Crippen LogP contribution in [0.4, 0.5) is 11.5 Å². The number of hydrazine groups is 1. The molecule has 0 saturated heterocycles. The maximum absolute atomic E-state index is 12.2. The molecule has 0 radical (unpaired) electrons. The molecular formula is C11H15N5O2S. The summed E-state index contributed by atoms with van der Waals surface area (Å²) in [7, 11) is -1.99. The molecule has 0 fully saturated rings. The SMILES string of the molecule is Cc1cc(NS(=O)(=O)c2ccccc2NN)nn1C. The van der Waals surface area contributed by atoms with Crippen LogP contribution in [0.5, 0.6) is 0 Å². The summed E-state index contributed by atoms with van der Waals surface area (Å²) < 4.78 is 28.5. The van der Waals surface area contributed by atoms with Crippen molar-refractivity contribution in [3.63, 3.8) is 0 Å². The Labute approximate surface area is 111 Å². The fourth-order valence-corrected chi connectivity index (χ4v) is 2.78. The van der Waals surface area contributed by atoms with E-state index in [2.05, 4.69) is 15.2 Å². The molecule has 4 N–H and O–H groups in total. The van der Waals surface area contributed by atoms with Crippen LogP contribution in [-0.2, 0) is 17.1 Å². The number of para-hydroxylation sites is 1. The van der Waals surface area contributed by atoms with E-state index in [-0.39, 0.29) is 10.7 Å². The third-order valence-corrected chi connectivity index (χ3v) is 4.10. The number of nitrogens with one attached hydrogen (secondary N) is 2. The van der Waals surface area contributed by atoms with Crippen molar-refractivity contribution < 1.29 is 8.42 Å². The Kier molecular flexibility index (Phi) is 3.45. The van der Waals surface area contributed by atoms with E-state index in [4.69, 9.17) is 5.84 Å². The third kappa shape index (κ3) is 2.69. The number of hydrogen-bond donors (Lipinski definition) is 3. The first kappa shape index (κ1) is 13.4. The molecule has 1 aromatic heterocycles. The van der Waals surface area contributed by atoms with Crippen molar-refractivity contribution in [2.75, 3.05) is 10.1 Å². The summed E-state index contributed by atoms with van der Waals surface area (Å²) in [4.78, 5) is 0.0702. The minimum Gasteiger partial charge on any atom is -0.323 e. The Morgan fingerprint density at radius 2 is 2.00 bits per heavy atom. The zero-order chi connectivity index (χ0) is 14.0. The fourth-order valence-electron chi connectivity index (χ4n) is 1.62. The molecule has 8 heteroatoms. The molecule has 0 aliphatic heterocycles. The molecule has 0 saturated carbocycles. The van der Waals surface area contributed by atoms with Crippen LogP contribution in [0, 0.1) is 6.92 Å². The zero-order valence-corrected chi connectivity index (χ0v) is 11.4. The predicted molar refractivity (Wildman–Crippen MR) is 73.0 cm³/mol. The molecule has 0 atom stereocenters. The summed E-state index contributed by atoms with van der Waals surface area (Å²) >= 11 is 0. The van der Waals surface area contributed by atoms with Gasteiger partial charge < -0.3 is 5.43 Å². The van der Waals surface area contributed by atoms with Gasteiger partial charge >= 0.3 is 0 Å². The first-order valence-electron chi connectivity index (χ1n) is 5.53. The van der Waals surface area contributed by atoms with Crippen LogP contribution in [-0.4, -0.2) is 18.2 Å². The fraction of sp³-hybridized carbons (Fsp3) is 0.182. The Balaban J connectivity index is 2.37. The highest BCUT2D eigenvalue weighted by Crippen LogP contribution is 2.22. The van der Waals surface area contributed by atoms with Gasteiger partial charge in [-0.2, -0.15) is 5.10 Å². The summed E-state index contributed by atoms with van der Waals surface area (Å²) in [6.07, 6.45) is 0. The minimum atomic E-state index is -3.73. The van der Waals surface area contributed by atoms with Gasteiger partial charge in [-0.05, 0) is 19.1 Å². The second-order valence-electron chi connectivity index (χ2n) is 4.04. The van der Waals surface area contributed by atoms with E-state index in [1.54, 1.807) is 36.0 Å². The van der Waals surface area contributed by atoms with Crippen LogP contribution < -0.4 is 16.0 Å². The summed E-state index contributed by atoms with van der Waals surface area (Å²) in [5.74, 6) is 5.58. The topological polar surface area (TPSA) is 102 Å². The molecule has 1 aromatic carbocycles. The average Bonchev–Trinajstić information content (AvgIpc) is 2.67. The molecule has 7 nitrogen and oxygen atoms in total. The molecule has 0 aliphatic carbocycles. The lowest BCUT2D eigenvalue weighted by atomic mass is 10.3. The molecule has 0 unspecified atom stereocenters. The maximum atomic E-state index is 12.2. The Bertz CT molecular complexity index is 673. The van der Waals surface area contributed by atoms with Crippen molar-refractivity contribution in [3.8, 4) is 0 Å². The highest BCUT2D eigenvalue weighted by Gasteiger charge is 2.19. The average molecular weight is 281 g/mol. The van der Waals surface area contributed by atoms with E-state index in [1.165, 1.54) is 6.07 Å². The van der Waals surface area contributed by atoms with Gasteiger partial charge in [0.25, 0.3) is 10.0 Å².